The zero-order valence-corrected chi connectivity index (χ0v) is 10.6. The van der Waals surface area contributed by atoms with Crippen LogP contribution in [0.4, 0.5) is 4.39 Å². The third kappa shape index (κ3) is 3.68. The summed E-state index contributed by atoms with van der Waals surface area (Å²) < 4.78 is 24.0. The standard InChI is InChI=1S/C13H20FNO2/c1-15-11(7-5-9-16-2)10-6-4-8-12(17-3)13(10)14/h4,6,8,11,15H,5,7,9H2,1-3H3. The first-order valence-electron chi connectivity index (χ1n) is 5.73. The quantitative estimate of drug-likeness (QED) is 0.744. The maximum Gasteiger partial charge on any atom is 0.169 e. The second-order valence-corrected chi connectivity index (χ2v) is 3.84. The van der Waals surface area contributed by atoms with Gasteiger partial charge in [0.05, 0.1) is 7.11 Å². The predicted octanol–water partition coefficient (Wildman–Crippen LogP) is 2.52. The summed E-state index contributed by atoms with van der Waals surface area (Å²) in [6.45, 7) is 0.684. The van der Waals surface area contributed by atoms with E-state index in [1.807, 2.05) is 7.05 Å². The number of benzene rings is 1. The minimum absolute atomic E-state index is 0.0137. The van der Waals surface area contributed by atoms with E-state index in [9.17, 15) is 4.39 Å². The molecule has 0 saturated carbocycles. The van der Waals surface area contributed by atoms with Crippen LogP contribution < -0.4 is 10.1 Å². The van der Waals surface area contributed by atoms with E-state index >= 15 is 0 Å². The lowest BCUT2D eigenvalue weighted by molar-refractivity contribution is 0.189. The molecule has 0 spiro atoms. The topological polar surface area (TPSA) is 30.5 Å². The Balaban J connectivity index is 2.80. The van der Waals surface area contributed by atoms with Gasteiger partial charge in [0, 0.05) is 25.3 Å². The van der Waals surface area contributed by atoms with Crippen molar-refractivity contribution in [3.8, 4) is 5.75 Å². The van der Waals surface area contributed by atoms with Crippen molar-refractivity contribution in [2.45, 2.75) is 18.9 Å². The first kappa shape index (κ1) is 13.9. The van der Waals surface area contributed by atoms with Crippen LogP contribution in [-0.2, 0) is 4.74 Å². The average Bonchev–Trinajstić information content (AvgIpc) is 2.36. The predicted molar refractivity (Wildman–Crippen MR) is 65.9 cm³/mol. The maximum absolute atomic E-state index is 14.0. The van der Waals surface area contributed by atoms with Crippen LogP contribution in [0.15, 0.2) is 18.2 Å². The summed E-state index contributed by atoms with van der Waals surface area (Å²) in [6, 6.07) is 5.20. The van der Waals surface area contributed by atoms with Crippen LogP contribution in [0.1, 0.15) is 24.4 Å². The van der Waals surface area contributed by atoms with Gasteiger partial charge in [-0.05, 0) is 26.0 Å². The highest BCUT2D eigenvalue weighted by molar-refractivity contribution is 5.33. The zero-order valence-electron chi connectivity index (χ0n) is 10.6. The average molecular weight is 241 g/mol. The van der Waals surface area contributed by atoms with Gasteiger partial charge in [0.25, 0.3) is 0 Å². The third-order valence-electron chi connectivity index (χ3n) is 2.78. The Labute approximate surface area is 102 Å². The monoisotopic (exact) mass is 241 g/mol. The molecule has 1 unspecified atom stereocenters. The van der Waals surface area contributed by atoms with Crippen molar-refractivity contribution in [3.63, 3.8) is 0 Å². The molecule has 17 heavy (non-hydrogen) atoms. The van der Waals surface area contributed by atoms with E-state index in [1.165, 1.54) is 7.11 Å². The summed E-state index contributed by atoms with van der Waals surface area (Å²) in [5, 5.41) is 3.12. The van der Waals surface area contributed by atoms with Crippen LogP contribution in [0.2, 0.25) is 0 Å². The van der Waals surface area contributed by atoms with Crippen molar-refractivity contribution < 1.29 is 13.9 Å². The normalized spacial score (nSPS) is 12.5. The zero-order chi connectivity index (χ0) is 12.7. The molecule has 0 aromatic heterocycles. The van der Waals surface area contributed by atoms with E-state index in [0.29, 0.717) is 12.2 Å². The molecule has 1 N–H and O–H groups in total. The second kappa shape index (κ2) is 7.25. The largest absolute Gasteiger partial charge is 0.494 e. The van der Waals surface area contributed by atoms with Gasteiger partial charge in [0.1, 0.15) is 0 Å². The molecule has 1 atom stereocenters. The fraction of sp³-hybridized carbons (Fsp3) is 0.538. The summed E-state index contributed by atoms with van der Waals surface area (Å²) in [5.41, 5.74) is 0.642. The summed E-state index contributed by atoms with van der Waals surface area (Å²) >= 11 is 0. The van der Waals surface area contributed by atoms with E-state index in [0.717, 1.165) is 12.8 Å². The lowest BCUT2D eigenvalue weighted by Gasteiger charge is -2.18. The number of hydrogen-bond acceptors (Lipinski definition) is 3. The highest BCUT2D eigenvalue weighted by atomic mass is 19.1. The smallest absolute Gasteiger partial charge is 0.169 e. The van der Waals surface area contributed by atoms with Crippen molar-refractivity contribution in [3.05, 3.63) is 29.6 Å². The Morgan fingerprint density at radius 2 is 2.12 bits per heavy atom. The van der Waals surface area contributed by atoms with Crippen LogP contribution in [0.25, 0.3) is 0 Å². The molecule has 4 heteroatoms. The maximum atomic E-state index is 14.0. The van der Waals surface area contributed by atoms with Gasteiger partial charge in [-0.1, -0.05) is 12.1 Å². The molecule has 1 rings (SSSR count). The summed E-state index contributed by atoms with van der Waals surface area (Å²) in [6.07, 6.45) is 1.72. The Morgan fingerprint density at radius 1 is 1.35 bits per heavy atom. The highest BCUT2D eigenvalue weighted by Crippen LogP contribution is 2.27. The molecule has 0 amide bonds. The van der Waals surface area contributed by atoms with Crippen molar-refractivity contribution in [1.82, 2.24) is 5.32 Å². The fourth-order valence-corrected chi connectivity index (χ4v) is 1.84. The molecule has 0 heterocycles. The van der Waals surface area contributed by atoms with Crippen LogP contribution in [0.3, 0.4) is 0 Å². The van der Waals surface area contributed by atoms with Crippen molar-refractivity contribution >= 4 is 0 Å². The van der Waals surface area contributed by atoms with E-state index in [2.05, 4.69) is 5.32 Å². The second-order valence-electron chi connectivity index (χ2n) is 3.84. The summed E-state index contributed by atoms with van der Waals surface area (Å²) in [4.78, 5) is 0. The Hall–Kier alpha value is -1.13. The fourth-order valence-electron chi connectivity index (χ4n) is 1.84. The van der Waals surface area contributed by atoms with E-state index in [1.54, 1.807) is 25.3 Å². The van der Waals surface area contributed by atoms with Gasteiger partial charge in [-0.15, -0.1) is 0 Å². The third-order valence-corrected chi connectivity index (χ3v) is 2.78. The molecule has 1 aromatic rings. The number of nitrogens with one attached hydrogen (secondary N) is 1. The van der Waals surface area contributed by atoms with Gasteiger partial charge in [-0.2, -0.15) is 0 Å². The molecule has 0 aliphatic heterocycles. The number of rotatable bonds is 7. The molecule has 1 aromatic carbocycles. The minimum Gasteiger partial charge on any atom is -0.494 e. The Morgan fingerprint density at radius 3 is 2.71 bits per heavy atom. The van der Waals surface area contributed by atoms with Gasteiger partial charge < -0.3 is 14.8 Å². The molecule has 0 fully saturated rings. The molecule has 3 nitrogen and oxygen atoms in total. The van der Waals surface area contributed by atoms with Crippen LogP contribution in [0, 0.1) is 5.82 Å². The molecule has 0 saturated heterocycles. The summed E-state index contributed by atoms with van der Waals surface area (Å²) in [5.74, 6) is 0.00117. The molecule has 96 valence electrons. The highest BCUT2D eigenvalue weighted by Gasteiger charge is 2.16. The summed E-state index contributed by atoms with van der Waals surface area (Å²) in [7, 11) is 4.97. The molecule has 0 aliphatic rings. The van der Waals surface area contributed by atoms with Crippen LogP contribution in [0.5, 0.6) is 5.75 Å². The molecular weight excluding hydrogens is 221 g/mol. The molecule has 0 radical (unpaired) electrons. The number of methoxy groups -OCH3 is 2. The Bertz CT molecular complexity index is 344. The lowest BCUT2D eigenvalue weighted by Crippen LogP contribution is -2.18. The molecular formula is C13H20FNO2. The van der Waals surface area contributed by atoms with Gasteiger partial charge >= 0.3 is 0 Å². The number of ether oxygens (including phenoxy) is 2. The van der Waals surface area contributed by atoms with Gasteiger partial charge in [-0.3, -0.25) is 0 Å². The van der Waals surface area contributed by atoms with Crippen molar-refractivity contribution in [2.75, 3.05) is 27.9 Å². The molecule has 0 aliphatic carbocycles. The Kier molecular flexibility index (Phi) is 5.94. The number of hydrogen-bond donors (Lipinski definition) is 1. The first-order valence-corrected chi connectivity index (χ1v) is 5.73. The van der Waals surface area contributed by atoms with Gasteiger partial charge in [0.2, 0.25) is 0 Å². The van der Waals surface area contributed by atoms with Crippen LogP contribution >= 0.6 is 0 Å². The first-order chi connectivity index (χ1) is 8.24. The van der Waals surface area contributed by atoms with Gasteiger partial charge in [0.15, 0.2) is 11.6 Å². The van der Waals surface area contributed by atoms with Crippen molar-refractivity contribution in [2.24, 2.45) is 0 Å². The number of halogens is 1. The van der Waals surface area contributed by atoms with Crippen LogP contribution in [-0.4, -0.2) is 27.9 Å². The van der Waals surface area contributed by atoms with E-state index in [4.69, 9.17) is 9.47 Å². The SMILES string of the molecule is CNC(CCCOC)c1cccc(OC)c1F. The minimum atomic E-state index is -0.285. The molecule has 0 bridgehead atoms. The van der Waals surface area contributed by atoms with Crippen molar-refractivity contribution in [1.29, 1.82) is 0 Å². The van der Waals surface area contributed by atoms with Gasteiger partial charge in [-0.25, -0.2) is 4.39 Å². The van der Waals surface area contributed by atoms with E-state index < -0.39 is 0 Å². The lowest BCUT2D eigenvalue weighted by atomic mass is 10.0. The van der Waals surface area contributed by atoms with E-state index in [-0.39, 0.29) is 17.6 Å².